The highest BCUT2D eigenvalue weighted by Crippen LogP contribution is 2.65. The van der Waals surface area contributed by atoms with E-state index >= 15 is 4.39 Å². The molecule has 0 amide bonds. The van der Waals surface area contributed by atoms with Crippen LogP contribution in [-0.4, -0.2) is 5.67 Å². The Hall–Kier alpha value is -0.330. The van der Waals surface area contributed by atoms with Crippen LogP contribution in [0.4, 0.5) is 4.39 Å². The highest BCUT2D eigenvalue weighted by atomic mass is 19.1. The molecule has 0 aromatic carbocycles. The van der Waals surface area contributed by atoms with Crippen LogP contribution in [0.3, 0.4) is 0 Å². The van der Waals surface area contributed by atoms with Crippen LogP contribution in [0.2, 0.25) is 0 Å². The Morgan fingerprint density at radius 1 is 1.05 bits per heavy atom. The summed E-state index contributed by atoms with van der Waals surface area (Å²) >= 11 is 0. The zero-order valence-corrected chi connectivity index (χ0v) is 13.8. The fraction of sp³-hybridized carbons (Fsp3) is 0.900. The van der Waals surface area contributed by atoms with Gasteiger partial charge in [0, 0.05) is 0 Å². The standard InChI is InChI=1S/C20H31F/c1-13-8-11-20(21)15(12-13)5-6-16-17-7-4-14(2)19(17,3)10-9-18(16)20/h13,15-18H,2,4-12H2,1,3H3. The summed E-state index contributed by atoms with van der Waals surface area (Å²) in [5, 5.41) is 0. The van der Waals surface area contributed by atoms with Crippen LogP contribution in [0.5, 0.6) is 0 Å². The van der Waals surface area contributed by atoms with Crippen LogP contribution in [-0.2, 0) is 0 Å². The van der Waals surface area contributed by atoms with E-state index in [9.17, 15) is 0 Å². The topological polar surface area (TPSA) is 0 Å². The average molecular weight is 290 g/mol. The maximum absolute atomic E-state index is 16.0. The predicted octanol–water partition coefficient (Wildman–Crippen LogP) is 5.92. The van der Waals surface area contributed by atoms with Crippen molar-refractivity contribution < 1.29 is 4.39 Å². The van der Waals surface area contributed by atoms with Gasteiger partial charge in [-0.3, -0.25) is 0 Å². The van der Waals surface area contributed by atoms with Crippen molar-refractivity contribution in [3.05, 3.63) is 12.2 Å². The molecule has 0 nitrogen and oxygen atoms in total. The third kappa shape index (κ3) is 1.85. The third-order valence-electron chi connectivity index (χ3n) is 8.24. The fourth-order valence-electron chi connectivity index (χ4n) is 6.90. The van der Waals surface area contributed by atoms with Crippen LogP contribution in [0.1, 0.15) is 71.6 Å². The van der Waals surface area contributed by atoms with Gasteiger partial charge in [0.2, 0.25) is 0 Å². The van der Waals surface area contributed by atoms with E-state index in [1.807, 2.05) is 0 Å². The molecule has 0 aliphatic heterocycles. The predicted molar refractivity (Wildman–Crippen MR) is 85.8 cm³/mol. The van der Waals surface area contributed by atoms with E-state index in [1.165, 1.54) is 31.3 Å². The van der Waals surface area contributed by atoms with E-state index in [4.69, 9.17) is 0 Å². The largest absolute Gasteiger partial charge is 0.243 e. The van der Waals surface area contributed by atoms with E-state index in [2.05, 4.69) is 20.4 Å². The average Bonchev–Trinajstić information content (AvgIpc) is 2.76. The maximum atomic E-state index is 16.0. The van der Waals surface area contributed by atoms with Gasteiger partial charge in [0.05, 0.1) is 0 Å². The maximum Gasteiger partial charge on any atom is 0.117 e. The third-order valence-corrected chi connectivity index (χ3v) is 8.24. The molecule has 21 heavy (non-hydrogen) atoms. The molecule has 0 bridgehead atoms. The van der Waals surface area contributed by atoms with Crippen molar-refractivity contribution in [2.45, 2.75) is 77.3 Å². The Morgan fingerprint density at radius 2 is 1.86 bits per heavy atom. The molecular formula is C20H31F. The molecule has 0 heterocycles. The molecule has 4 aliphatic rings. The molecule has 0 radical (unpaired) electrons. The van der Waals surface area contributed by atoms with Gasteiger partial charge in [-0.15, -0.1) is 0 Å². The summed E-state index contributed by atoms with van der Waals surface area (Å²) in [7, 11) is 0. The number of halogens is 1. The number of rotatable bonds is 0. The van der Waals surface area contributed by atoms with Crippen molar-refractivity contribution >= 4 is 0 Å². The van der Waals surface area contributed by atoms with Crippen LogP contribution < -0.4 is 0 Å². The zero-order valence-electron chi connectivity index (χ0n) is 13.8. The Balaban J connectivity index is 1.64. The number of hydrogen-bond donors (Lipinski definition) is 0. The number of alkyl halides is 1. The quantitative estimate of drug-likeness (QED) is 0.485. The normalized spacial score (nSPS) is 56.5. The van der Waals surface area contributed by atoms with Gasteiger partial charge >= 0.3 is 0 Å². The molecule has 1 heteroatoms. The molecule has 7 unspecified atom stereocenters. The lowest BCUT2D eigenvalue weighted by Gasteiger charge is -2.58. The van der Waals surface area contributed by atoms with Crippen molar-refractivity contribution in [3.8, 4) is 0 Å². The molecule has 4 rings (SSSR count). The van der Waals surface area contributed by atoms with Crippen molar-refractivity contribution in [2.75, 3.05) is 0 Å². The molecule has 4 fully saturated rings. The van der Waals surface area contributed by atoms with Crippen molar-refractivity contribution in [2.24, 2.45) is 35.0 Å². The molecule has 4 aliphatic carbocycles. The van der Waals surface area contributed by atoms with Gasteiger partial charge in [0.1, 0.15) is 5.67 Å². The molecule has 7 atom stereocenters. The zero-order chi connectivity index (χ0) is 14.8. The van der Waals surface area contributed by atoms with Gasteiger partial charge in [0.25, 0.3) is 0 Å². The van der Waals surface area contributed by atoms with Gasteiger partial charge in [0.15, 0.2) is 0 Å². The number of hydrogen-bond acceptors (Lipinski definition) is 0. The van der Waals surface area contributed by atoms with E-state index in [-0.39, 0.29) is 0 Å². The van der Waals surface area contributed by atoms with Gasteiger partial charge in [-0.05, 0) is 92.8 Å². The van der Waals surface area contributed by atoms with Crippen LogP contribution in [0.15, 0.2) is 12.2 Å². The summed E-state index contributed by atoms with van der Waals surface area (Å²) in [6, 6.07) is 0. The van der Waals surface area contributed by atoms with Crippen LogP contribution in [0.25, 0.3) is 0 Å². The van der Waals surface area contributed by atoms with Crippen molar-refractivity contribution in [1.82, 2.24) is 0 Å². The summed E-state index contributed by atoms with van der Waals surface area (Å²) in [6.07, 6.45) is 10.4. The molecule has 0 saturated heterocycles. The number of fused-ring (bicyclic) bond motifs is 5. The van der Waals surface area contributed by atoms with E-state index in [1.54, 1.807) is 0 Å². The highest BCUT2D eigenvalue weighted by molar-refractivity contribution is 5.21. The summed E-state index contributed by atoms with van der Waals surface area (Å²) in [6.45, 7) is 9.12. The molecule has 118 valence electrons. The van der Waals surface area contributed by atoms with Crippen molar-refractivity contribution in [1.29, 1.82) is 0 Å². The lowest BCUT2D eigenvalue weighted by atomic mass is 9.49. The summed E-state index contributed by atoms with van der Waals surface area (Å²) < 4.78 is 16.0. The Labute approximate surface area is 129 Å². The molecule has 4 saturated carbocycles. The Kier molecular flexibility index (Phi) is 3.12. The second kappa shape index (κ2) is 4.59. The van der Waals surface area contributed by atoms with E-state index in [0.29, 0.717) is 23.2 Å². The molecule has 0 N–H and O–H groups in total. The lowest BCUT2D eigenvalue weighted by Crippen LogP contribution is -2.55. The molecule has 0 spiro atoms. The lowest BCUT2D eigenvalue weighted by molar-refractivity contribution is -0.130. The highest BCUT2D eigenvalue weighted by Gasteiger charge is 2.60. The molecule has 0 aromatic heterocycles. The summed E-state index contributed by atoms with van der Waals surface area (Å²) in [5.74, 6) is 2.87. The van der Waals surface area contributed by atoms with Gasteiger partial charge < -0.3 is 0 Å². The minimum absolute atomic E-state index is 0.340. The first-order valence-electron chi connectivity index (χ1n) is 9.32. The first-order chi connectivity index (χ1) is 9.95. The van der Waals surface area contributed by atoms with Crippen molar-refractivity contribution in [3.63, 3.8) is 0 Å². The Bertz CT molecular complexity index is 455. The smallest absolute Gasteiger partial charge is 0.117 e. The number of allylic oxidation sites excluding steroid dienone is 1. The summed E-state index contributed by atoms with van der Waals surface area (Å²) in [5.41, 5.74) is 0.991. The minimum Gasteiger partial charge on any atom is -0.243 e. The Morgan fingerprint density at radius 3 is 2.67 bits per heavy atom. The minimum atomic E-state index is -0.819. The fourth-order valence-corrected chi connectivity index (χ4v) is 6.90. The first kappa shape index (κ1) is 14.3. The molecule has 0 aromatic rings. The SMILES string of the molecule is C=C1CCC2C3CCC4CC(C)CCC4(F)C3CCC12C. The van der Waals surface area contributed by atoms with E-state index in [0.717, 1.165) is 43.9 Å². The van der Waals surface area contributed by atoms with Gasteiger partial charge in [-0.1, -0.05) is 26.0 Å². The van der Waals surface area contributed by atoms with Crippen LogP contribution in [0, 0.1) is 35.0 Å². The summed E-state index contributed by atoms with van der Waals surface area (Å²) in [4.78, 5) is 0. The van der Waals surface area contributed by atoms with Crippen LogP contribution >= 0.6 is 0 Å². The monoisotopic (exact) mass is 290 g/mol. The molecular weight excluding hydrogens is 259 g/mol. The van der Waals surface area contributed by atoms with Gasteiger partial charge in [-0.25, -0.2) is 4.39 Å². The van der Waals surface area contributed by atoms with Gasteiger partial charge in [-0.2, -0.15) is 0 Å². The first-order valence-corrected chi connectivity index (χ1v) is 9.32. The van der Waals surface area contributed by atoms with E-state index < -0.39 is 5.67 Å². The second-order valence-corrected chi connectivity index (χ2v) is 9.06. The second-order valence-electron chi connectivity index (χ2n) is 9.06.